The lowest BCUT2D eigenvalue weighted by molar-refractivity contribution is 0.0440. The summed E-state index contributed by atoms with van der Waals surface area (Å²) >= 11 is 0. The monoisotopic (exact) mass is 904 g/mol. The highest BCUT2D eigenvalue weighted by Crippen LogP contribution is 2.41. The highest BCUT2D eigenvalue weighted by molar-refractivity contribution is 6.74. The summed E-state index contributed by atoms with van der Waals surface area (Å²) in [6.07, 6.45) is 3.98. The number of carbonyl (C=O) groups is 2. The molecule has 0 aliphatic heterocycles. The zero-order chi connectivity index (χ0) is 46.8. The summed E-state index contributed by atoms with van der Waals surface area (Å²) in [7, 11) is -2.20. The van der Waals surface area contributed by atoms with Crippen molar-refractivity contribution in [3.8, 4) is 22.6 Å². The number of ether oxygens (including phenoxy) is 3. The highest BCUT2D eigenvalue weighted by atomic mass is 28.4. The van der Waals surface area contributed by atoms with Crippen LogP contribution in [-0.4, -0.2) is 61.5 Å². The number of aromatic hydroxyl groups is 1. The van der Waals surface area contributed by atoms with Crippen LogP contribution in [0.1, 0.15) is 103 Å². The van der Waals surface area contributed by atoms with E-state index in [0.29, 0.717) is 56.6 Å². The number of carbonyl (C=O) groups excluding carboxylic acids is 2. The van der Waals surface area contributed by atoms with Crippen molar-refractivity contribution in [2.45, 2.75) is 135 Å². The minimum absolute atomic E-state index is 0.00532. The summed E-state index contributed by atoms with van der Waals surface area (Å²) in [6, 6.07) is 31.1. The summed E-state index contributed by atoms with van der Waals surface area (Å²) in [5, 5.41) is 20.8. The molecule has 5 aromatic rings. The SMILES string of the molecule is CC(C)(C)OC(=O)NC1CCC(OC(=O)Nc2ccc(CCCCOc3ccc(CNC[C@@H](O[Si](C)(C)C(C)(C)C)c4ccc(O)c5[nH]c(=O)ccc45)cc3)cc2-c2ccccc2)CC1. The molecule has 1 saturated carbocycles. The normalized spacial score (nSPS) is 16.1. The van der Waals surface area contributed by atoms with Crippen LogP contribution in [-0.2, 0) is 26.9 Å². The van der Waals surface area contributed by atoms with Crippen molar-refractivity contribution in [3.63, 3.8) is 0 Å². The molecular weight excluding hydrogens is 837 g/mol. The maximum atomic E-state index is 13.1. The van der Waals surface area contributed by atoms with E-state index in [9.17, 15) is 19.5 Å². The number of hydrogen-bond donors (Lipinski definition) is 5. The molecule has 2 amide bonds. The molecule has 0 bridgehead atoms. The van der Waals surface area contributed by atoms with Gasteiger partial charge in [-0.3, -0.25) is 10.1 Å². The third kappa shape index (κ3) is 14.2. The van der Waals surface area contributed by atoms with Gasteiger partial charge in [-0.15, -0.1) is 0 Å². The van der Waals surface area contributed by atoms with Crippen LogP contribution < -0.4 is 26.2 Å². The number of fused-ring (bicyclic) bond motifs is 1. The molecule has 0 radical (unpaired) electrons. The number of aromatic amines is 1. The van der Waals surface area contributed by atoms with E-state index in [2.05, 4.69) is 79.1 Å². The second kappa shape index (κ2) is 21.6. The third-order valence-electron chi connectivity index (χ3n) is 12.3. The molecule has 1 aliphatic rings. The molecule has 1 aliphatic carbocycles. The first-order chi connectivity index (χ1) is 30.8. The van der Waals surface area contributed by atoms with Gasteiger partial charge in [-0.1, -0.05) is 75.4 Å². The summed E-state index contributed by atoms with van der Waals surface area (Å²) < 4.78 is 24.3. The number of rotatable bonds is 17. The van der Waals surface area contributed by atoms with E-state index < -0.39 is 26.1 Å². The molecule has 348 valence electrons. The number of alkyl carbamates (subject to hydrolysis) is 1. The standard InChI is InChI=1S/C52H68N4O8Si/c1-51(2,3)63-50(60)54-38-20-24-40(25-21-38)62-49(59)55-44-28-19-35(32-43(44)37-15-10-9-11-16-37)14-12-13-31-61-39-22-17-36(18-23-39)33-53-34-46(64-65(7,8)52(4,5)6)41-26-29-45(57)48-42(41)27-30-47(58)56-48/h9-11,15-19,22-23,26-30,32,38,40,46,53,57H,12-14,20-21,24-25,31,33-34H2,1-8H3,(H,54,60)(H,55,59)(H,56,58)/t38?,40?,46-/m1/s1. The Morgan fingerprint density at radius 1 is 0.831 bits per heavy atom. The van der Waals surface area contributed by atoms with Crippen LogP contribution in [0.3, 0.4) is 0 Å². The minimum atomic E-state index is -2.20. The van der Waals surface area contributed by atoms with Crippen molar-refractivity contribution in [2.75, 3.05) is 18.5 Å². The van der Waals surface area contributed by atoms with Gasteiger partial charge in [0.15, 0.2) is 8.32 Å². The number of anilines is 1. The van der Waals surface area contributed by atoms with E-state index in [1.54, 1.807) is 12.1 Å². The summed E-state index contributed by atoms with van der Waals surface area (Å²) in [6.45, 7) is 18.4. The van der Waals surface area contributed by atoms with Crippen LogP contribution >= 0.6 is 0 Å². The number of unbranched alkanes of at least 4 members (excludes halogenated alkanes) is 1. The average Bonchev–Trinajstić information content (AvgIpc) is 3.24. The van der Waals surface area contributed by atoms with Gasteiger partial charge >= 0.3 is 12.2 Å². The fraction of sp³-hybridized carbons (Fsp3) is 0.442. The molecule has 1 fully saturated rings. The molecule has 1 atom stereocenters. The second-order valence-electron chi connectivity index (χ2n) is 19.6. The Morgan fingerprint density at radius 2 is 1.54 bits per heavy atom. The van der Waals surface area contributed by atoms with Crippen LogP contribution in [0.5, 0.6) is 11.5 Å². The maximum absolute atomic E-state index is 13.1. The summed E-state index contributed by atoms with van der Waals surface area (Å²) in [5.74, 6) is 0.848. The number of nitrogens with one attached hydrogen (secondary N) is 4. The Labute approximate surface area is 385 Å². The number of pyridine rings is 1. The van der Waals surface area contributed by atoms with Crippen molar-refractivity contribution in [3.05, 3.63) is 124 Å². The van der Waals surface area contributed by atoms with Gasteiger partial charge in [0.1, 0.15) is 23.2 Å². The quantitative estimate of drug-likeness (QED) is 0.0452. The zero-order valence-corrected chi connectivity index (χ0v) is 40.3. The largest absolute Gasteiger partial charge is 0.506 e. The molecule has 6 rings (SSSR count). The fourth-order valence-electron chi connectivity index (χ4n) is 7.76. The molecule has 1 aromatic heterocycles. The topological polar surface area (TPSA) is 160 Å². The number of phenolic OH excluding ortho intramolecular Hbond substituents is 1. The van der Waals surface area contributed by atoms with Crippen molar-refractivity contribution in [1.29, 1.82) is 0 Å². The Hall–Kier alpha value is -5.63. The average molecular weight is 905 g/mol. The van der Waals surface area contributed by atoms with Gasteiger partial charge in [-0.05, 0) is 143 Å². The van der Waals surface area contributed by atoms with Crippen LogP contribution in [0, 0.1) is 0 Å². The molecule has 13 heteroatoms. The first-order valence-electron chi connectivity index (χ1n) is 22.9. The van der Waals surface area contributed by atoms with Gasteiger partial charge in [0.05, 0.1) is 23.9 Å². The van der Waals surface area contributed by atoms with Gasteiger partial charge in [0.2, 0.25) is 5.56 Å². The van der Waals surface area contributed by atoms with Crippen LogP contribution in [0.2, 0.25) is 18.1 Å². The van der Waals surface area contributed by atoms with Gasteiger partial charge in [-0.2, -0.15) is 0 Å². The maximum Gasteiger partial charge on any atom is 0.411 e. The number of hydrogen-bond acceptors (Lipinski definition) is 9. The van der Waals surface area contributed by atoms with Crippen molar-refractivity contribution in [2.24, 2.45) is 0 Å². The van der Waals surface area contributed by atoms with E-state index >= 15 is 0 Å². The van der Waals surface area contributed by atoms with Crippen molar-refractivity contribution >= 4 is 37.1 Å². The molecule has 65 heavy (non-hydrogen) atoms. The van der Waals surface area contributed by atoms with Crippen LogP contribution in [0.25, 0.3) is 22.0 Å². The summed E-state index contributed by atoms with van der Waals surface area (Å²) in [5.41, 5.74) is 5.42. The van der Waals surface area contributed by atoms with Gasteiger partial charge in [0.25, 0.3) is 0 Å². The van der Waals surface area contributed by atoms with E-state index in [0.717, 1.165) is 52.7 Å². The number of amides is 2. The highest BCUT2D eigenvalue weighted by Gasteiger charge is 2.40. The zero-order valence-electron chi connectivity index (χ0n) is 39.3. The number of phenols is 1. The van der Waals surface area contributed by atoms with E-state index in [1.807, 2.05) is 75.4 Å². The number of benzene rings is 4. The van der Waals surface area contributed by atoms with Gasteiger partial charge in [0, 0.05) is 36.1 Å². The lowest BCUT2D eigenvalue weighted by Gasteiger charge is -2.39. The molecule has 0 spiro atoms. The Kier molecular flexibility index (Phi) is 16.2. The summed E-state index contributed by atoms with van der Waals surface area (Å²) in [4.78, 5) is 40.2. The molecular formula is C52H68N4O8Si. The minimum Gasteiger partial charge on any atom is -0.506 e. The fourth-order valence-corrected chi connectivity index (χ4v) is 9.04. The van der Waals surface area contributed by atoms with Crippen LogP contribution in [0.4, 0.5) is 15.3 Å². The Balaban J connectivity index is 0.970. The van der Waals surface area contributed by atoms with Crippen LogP contribution in [0.15, 0.2) is 102 Å². The van der Waals surface area contributed by atoms with Gasteiger partial charge < -0.3 is 39.4 Å². The smallest absolute Gasteiger partial charge is 0.411 e. The number of H-pyrrole nitrogens is 1. The van der Waals surface area contributed by atoms with E-state index in [-0.39, 0.29) is 34.6 Å². The number of aromatic nitrogens is 1. The van der Waals surface area contributed by atoms with Crippen molar-refractivity contribution in [1.82, 2.24) is 15.6 Å². The number of aryl methyl sites for hydroxylation is 1. The third-order valence-corrected chi connectivity index (χ3v) is 16.8. The molecule has 5 N–H and O–H groups in total. The second-order valence-corrected chi connectivity index (χ2v) is 24.4. The first-order valence-corrected chi connectivity index (χ1v) is 25.8. The Morgan fingerprint density at radius 3 is 2.23 bits per heavy atom. The molecule has 1 heterocycles. The predicted molar refractivity (Wildman–Crippen MR) is 261 cm³/mol. The predicted octanol–water partition coefficient (Wildman–Crippen LogP) is 11.5. The first kappa shape index (κ1) is 48.8. The lowest BCUT2D eigenvalue weighted by atomic mass is 9.93. The molecule has 0 saturated heterocycles. The van der Waals surface area contributed by atoms with E-state index in [4.69, 9.17) is 18.6 Å². The Bertz CT molecular complexity index is 2420. The molecule has 12 nitrogen and oxygen atoms in total. The molecule has 4 aromatic carbocycles. The van der Waals surface area contributed by atoms with Gasteiger partial charge in [-0.25, -0.2) is 9.59 Å². The molecule has 0 unspecified atom stereocenters. The lowest BCUT2D eigenvalue weighted by Crippen LogP contribution is -2.43. The van der Waals surface area contributed by atoms with E-state index in [1.165, 1.54) is 11.6 Å². The van der Waals surface area contributed by atoms with Crippen molar-refractivity contribution < 1.29 is 33.3 Å².